The molecule has 0 aliphatic heterocycles. The molecule has 0 radical (unpaired) electrons. The van der Waals surface area contributed by atoms with Crippen molar-refractivity contribution in [3.63, 3.8) is 0 Å². The average molecular weight is 227 g/mol. The zero-order chi connectivity index (χ0) is 12.1. The first kappa shape index (κ1) is 11.3. The Bertz CT molecular complexity index is 509. The Morgan fingerprint density at radius 3 is 2.82 bits per heavy atom. The molecule has 0 unspecified atom stereocenters. The lowest BCUT2D eigenvalue weighted by Gasteiger charge is -2.06. The average Bonchev–Trinajstić information content (AvgIpc) is 2.38. The Balaban J connectivity index is 2.04. The molecule has 0 aliphatic rings. The number of ether oxygens (including phenoxy) is 1. The zero-order valence-electron chi connectivity index (χ0n) is 9.59. The van der Waals surface area contributed by atoms with Gasteiger partial charge in [0.05, 0.1) is 5.69 Å². The van der Waals surface area contributed by atoms with E-state index in [0.29, 0.717) is 17.9 Å². The zero-order valence-corrected chi connectivity index (χ0v) is 9.59. The van der Waals surface area contributed by atoms with Crippen molar-refractivity contribution in [3.05, 3.63) is 59.9 Å². The molecule has 86 valence electrons. The van der Waals surface area contributed by atoms with E-state index in [1.54, 1.807) is 18.3 Å². The van der Waals surface area contributed by atoms with Gasteiger partial charge < -0.3 is 4.74 Å². The first-order valence-electron chi connectivity index (χ1n) is 5.39. The molecule has 0 spiro atoms. The second-order valence-corrected chi connectivity index (χ2v) is 3.69. The van der Waals surface area contributed by atoms with Gasteiger partial charge in [0.15, 0.2) is 5.78 Å². The number of carbonyl (C=O) groups excluding carboxylic acids is 1. The molecule has 0 saturated heterocycles. The smallest absolute Gasteiger partial charge is 0.159 e. The minimum absolute atomic E-state index is 0.0355. The Kier molecular flexibility index (Phi) is 3.50. The van der Waals surface area contributed by atoms with Gasteiger partial charge in [-0.1, -0.05) is 18.2 Å². The minimum Gasteiger partial charge on any atom is -0.487 e. The highest BCUT2D eigenvalue weighted by molar-refractivity contribution is 5.94. The van der Waals surface area contributed by atoms with Crippen molar-refractivity contribution in [1.29, 1.82) is 0 Å². The van der Waals surface area contributed by atoms with E-state index in [1.165, 1.54) is 6.92 Å². The van der Waals surface area contributed by atoms with Crippen LogP contribution in [-0.4, -0.2) is 10.8 Å². The second kappa shape index (κ2) is 5.25. The monoisotopic (exact) mass is 227 g/mol. The van der Waals surface area contributed by atoms with Crippen molar-refractivity contribution in [2.45, 2.75) is 13.5 Å². The molecule has 1 aromatic heterocycles. The number of nitrogens with zero attached hydrogens (tertiary/aromatic N) is 1. The van der Waals surface area contributed by atoms with Gasteiger partial charge in [-0.3, -0.25) is 9.78 Å². The Hall–Kier alpha value is -2.16. The standard InChI is InChI=1S/C14H13NO2/c1-11(16)12-5-4-7-14(9-12)17-10-13-6-2-3-8-15-13/h2-9H,10H2,1H3. The molecule has 3 nitrogen and oxygen atoms in total. The Morgan fingerprint density at radius 2 is 2.12 bits per heavy atom. The molecular weight excluding hydrogens is 214 g/mol. The van der Waals surface area contributed by atoms with Crippen LogP contribution in [0.25, 0.3) is 0 Å². The molecule has 2 rings (SSSR count). The topological polar surface area (TPSA) is 39.2 Å². The van der Waals surface area contributed by atoms with Crippen molar-refractivity contribution in [2.24, 2.45) is 0 Å². The molecule has 3 heteroatoms. The first-order chi connectivity index (χ1) is 8.25. The fourth-order valence-electron chi connectivity index (χ4n) is 1.45. The highest BCUT2D eigenvalue weighted by Crippen LogP contribution is 2.14. The van der Waals surface area contributed by atoms with E-state index in [2.05, 4.69) is 4.98 Å². The van der Waals surface area contributed by atoms with Crippen molar-refractivity contribution in [3.8, 4) is 5.75 Å². The van der Waals surface area contributed by atoms with Gasteiger partial charge in [0.2, 0.25) is 0 Å². The van der Waals surface area contributed by atoms with Crippen molar-refractivity contribution < 1.29 is 9.53 Å². The number of Topliss-reactive ketones (excluding diaryl/α,β-unsaturated/α-hetero) is 1. The van der Waals surface area contributed by atoms with Crippen LogP contribution in [0, 0.1) is 0 Å². The molecule has 1 heterocycles. The number of benzene rings is 1. The third-order valence-corrected chi connectivity index (χ3v) is 2.35. The third-order valence-electron chi connectivity index (χ3n) is 2.35. The van der Waals surface area contributed by atoms with Crippen LogP contribution in [0.5, 0.6) is 5.75 Å². The summed E-state index contributed by atoms with van der Waals surface area (Å²) in [6.45, 7) is 1.94. The van der Waals surface area contributed by atoms with E-state index in [9.17, 15) is 4.79 Å². The van der Waals surface area contributed by atoms with Crippen LogP contribution in [0.4, 0.5) is 0 Å². The molecule has 1 aromatic carbocycles. The van der Waals surface area contributed by atoms with Crippen molar-refractivity contribution >= 4 is 5.78 Å². The summed E-state index contributed by atoms with van der Waals surface area (Å²) in [6.07, 6.45) is 1.73. The first-order valence-corrected chi connectivity index (χ1v) is 5.39. The maximum absolute atomic E-state index is 11.2. The lowest BCUT2D eigenvalue weighted by molar-refractivity contribution is 0.101. The van der Waals surface area contributed by atoms with Crippen molar-refractivity contribution in [2.75, 3.05) is 0 Å². The van der Waals surface area contributed by atoms with Gasteiger partial charge in [0.1, 0.15) is 12.4 Å². The Labute approximate surface area is 100 Å². The van der Waals surface area contributed by atoms with E-state index in [-0.39, 0.29) is 5.78 Å². The summed E-state index contributed by atoms with van der Waals surface area (Å²) >= 11 is 0. The van der Waals surface area contributed by atoms with Gasteiger partial charge >= 0.3 is 0 Å². The van der Waals surface area contributed by atoms with E-state index in [1.807, 2.05) is 30.3 Å². The number of aromatic nitrogens is 1. The maximum Gasteiger partial charge on any atom is 0.159 e. The van der Waals surface area contributed by atoms with Crippen LogP contribution in [0.15, 0.2) is 48.7 Å². The number of rotatable bonds is 4. The summed E-state index contributed by atoms with van der Waals surface area (Å²) in [5.41, 5.74) is 1.52. The summed E-state index contributed by atoms with van der Waals surface area (Å²) < 4.78 is 5.57. The largest absolute Gasteiger partial charge is 0.487 e. The molecule has 0 aliphatic carbocycles. The minimum atomic E-state index is 0.0355. The predicted octanol–water partition coefficient (Wildman–Crippen LogP) is 2.86. The highest BCUT2D eigenvalue weighted by atomic mass is 16.5. The summed E-state index contributed by atoms with van der Waals surface area (Å²) in [4.78, 5) is 15.4. The summed E-state index contributed by atoms with van der Waals surface area (Å²) in [5, 5.41) is 0. The SMILES string of the molecule is CC(=O)c1cccc(OCc2ccccn2)c1. The summed E-state index contributed by atoms with van der Waals surface area (Å²) in [6, 6.07) is 12.8. The van der Waals surface area contributed by atoms with Gasteiger partial charge in [-0.2, -0.15) is 0 Å². The second-order valence-electron chi connectivity index (χ2n) is 3.69. The quantitative estimate of drug-likeness (QED) is 0.754. The third kappa shape index (κ3) is 3.14. The van der Waals surface area contributed by atoms with E-state index in [0.717, 1.165) is 5.69 Å². The molecular formula is C14H13NO2. The molecule has 0 bridgehead atoms. The lowest BCUT2D eigenvalue weighted by Crippen LogP contribution is -1.99. The summed E-state index contributed by atoms with van der Waals surface area (Å²) in [7, 11) is 0. The fourth-order valence-corrected chi connectivity index (χ4v) is 1.45. The Morgan fingerprint density at radius 1 is 1.24 bits per heavy atom. The van der Waals surface area contributed by atoms with Gasteiger partial charge in [-0.15, -0.1) is 0 Å². The van der Waals surface area contributed by atoms with Gasteiger partial charge in [-0.25, -0.2) is 0 Å². The van der Waals surface area contributed by atoms with Crippen LogP contribution < -0.4 is 4.74 Å². The predicted molar refractivity (Wildman–Crippen MR) is 65.0 cm³/mol. The van der Waals surface area contributed by atoms with Gasteiger partial charge in [-0.05, 0) is 31.2 Å². The molecule has 0 fully saturated rings. The number of hydrogen-bond donors (Lipinski definition) is 0. The van der Waals surface area contributed by atoms with Gasteiger partial charge in [0, 0.05) is 11.8 Å². The molecule has 0 atom stereocenters. The fraction of sp³-hybridized carbons (Fsp3) is 0.143. The van der Waals surface area contributed by atoms with Crippen molar-refractivity contribution in [1.82, 2.24) is 4.98 Å². The van der Waals surface area contributed by atoms with Crippen LogP contribution >= 0.6 is 0 Å². The normalized spacial score (nSPS) is 9.94. The number of carbonyl (C=O) groups is 1. The number of ketones is 1. The highest BCUT2D eigenvalue weighted by Gasteiger charge is 2.01. The van der Waals surface area contributed by atoms with Gasteiger partial charge in [0.25, 0.3) is 0 Å². The molecule has 17 heavy (non-hydrogen) atoms. The summed E-state index contributed by atoms with van der Waals surface area (Å²) in [5.74, 6) is 0.719. The molecule has 0 amide bonds. The molecule has 2 aromatic rings. The molecule has 0 N–H and O–H groups in total. The van der Waals surface area contributed by atoms with Crippen LogP contribution in [0.2, 0.25) is 0 Å². The molecule has 0 saturated carbocycles. The maximum atomic E-state index is 11.2. The number of hydrogen-bond acceptors (Lipinski definition) is 3. The van der Waals surface area contributed by atoms with Crippen LogP contribution in [0.3, 0.4) is 0 Å². The van der Waals surface area contributed by atoms with Crippen LogP contribution in [0.1, 0.15) is 23.0 Å². The van der Waals surface area contributed by atoms with E-state index < -0.39 is 0 Å². The number of pyridine rings is 1. The van der Waals surface area contributed by atoms with E-state index in [4.69, 9.17) is 4.74 Å². The van der Waals surface area contributed by atoms with E-state index >= 15 is 0 Å². The lowest BCUT2D eigenvalue weighted by atomic mass is 10.1. The van der Waals surface area contributed by atoms with Crippen LogP contribution in [-0.2, 0) is 6.61 Å².